The fraction of sp³-hybridized carbons (Fsp3) is 0.583. The highest BCUT2D eigenvalue weighted by Crippen LogP contribution is 2.63. The average Bonchev–Trinajstić information content (AvgIpc) is 2.64. The molecule has 1 fully saturated rings. The number of nitrogens with one attached hydrogen (secondary N) is 1. The Hall–Kier alpha value is -0.670. The van der Waals surface area contributed by atoms with Crippen molar-refractivity contribution in [1.29, 1.82) is 0 Å². The number of rotatable bonds is 4. The normalized spacial score (nSPS) is 27.5. The molecule has 0 radical (unpaired) electrons. The first-order valence-electron chi connectivity index (χ1n) is 5.56. The van der Waals surface area contributed by atoms with Crippen molar-refractivity contribution in [3.8, 4) is 0 Å². The van der Waals surface area contributed by atoms with Crippen LogP contribution in [0.3, 0.4) is 0 Å². The van der Waals surface area contributed by atoms with E-state index in [4.69, 9.17) is 27.6 Å². The summed E-state index contributed by atoms with van der Waals surface area (Å²) in [6.45, 7) is 3.71. The van der Waals surface area contributed by atoms with Gasteiger partial charge in [-0.1, -0.05) is 0 Å². The molecule has 1 amide bonds. The van der Waals surface area contributed by atoms with Gasteiger partial charge in [0, 0.05) is 12.5 Å². The second kappa shape index (κ2) is 4.21. The summed E-state index contributed by atoms with van der Waals surface area (Å²) in [4.78, 5) is 12.0. The maximum atomic E-state index is 12.0. The lowest BCUT2D eigenvalue weighted by atomic mass is 10.1. The van der Waals surface area contributed by atoms with Gasteiger partial charge in [0.05, 0.1) is 11.7 Å². The predicted molar refractivity (Wildman–Crippen MR) is 67.2 cm³/mol. The number of hydrogen-bond donors (Lipinski definition) is 1. The third kappa shape index (κ3) is 2.45. The zero-order valence-corrected chi connectivity index (χ0v) is 11.3. The highest BCUT2D eigenvalue weighted by Gasteiger charge is 2.67. The summed E-state index contributed by atoms with van der Waals surface area (Å²) in [7, 11) is 0. The quantitative estimate of drug-likeness (QED) is 0.859. The van der Waals surface area contributed by atoms with Gasteiger partial charge in [0.2, 0.25) is 5.91 Å². The summed E-state index contributed by atoms with van der Waals surface area (Å²) in [5, 5.41) is 2.91. The summed E-state index contributed by atoms with van der Waals surface area (Å²) < 4.78 is 4.31. The lowest BCUT2D eigenvalue weighted by molar-refractivity contribution is -0.126. The van der Waals surface area contributed by atoms with Crippen molar-refractivity contribution in [2.75, 3.05) is 0 Å². The summed E-state index contributed by atoms with van der Waals surface area (Å²) in [5.74, 6) is 0.753. The monoisotopic (exact) mass is 275 g/mol. The smallest absolute Gasteiger partial charge is 0.229 e. The lowest BCUT2D eigenvalue weighted by Crippen LogP contribution is -2.40. The van der Waals surface area contributed by atoms with Crippen LogP contribution >= 0.6 is 23.2 Å². The van der Waals surface area contributed by atoms with Crippen LogP contribution in [-0.4, -0.2) is 16.3 Å². The Kier molecular flexibility index (Phi) is 3.17. The third-order valence-corrected chi connectivity index (χ3v) is 4.33. The van der Waals surface area contributed by atoms with Crippen LogP contribution in [0.2, 0.25) is 0 Å². The Morgan fingerprint density at radius 3 is 2.76 bits per heavy atom. The van der Waals surface area contributed by atoms with Gasteiger partial charge in [-0.3, -0.25) is 4.79 Å². The molecule has 1 N–H and O–H groups in total. The van der Waals surface area contributed by atoms with E-state index in [0.717, 1.165) is 5.76 Å². The Morgan fingerprint density at radius 2 is 2.29 bits per heavy atom. The molecule has 1 aliphatic rings. The molecule has 0 unspecified atom stereocenters. The molecule has 0 spiro atoms. The first-order valence-corrected chi connectivity index (χ1v) is 6.32. The lowest BCUT2D eigenvalue weighted by Gasteiger charge is -2.17. The van der Waals surface area contributed by atoms with Gasteiger partial charge in [-0.05, 0) is 32.4 Å². The van der Waals surface area contributed by atoms with Crippen LogP contribution in [0, 0.1) is 5.41 Å². The zero-order valence-electron chi connectivity index (χ0n) is 9.80. The van der Waals surface area contributed by atoms with E-state index in [2.05, 4.69) is 5.32 Å². The first kappa shape index (κ1) is 12.8. The van der Waals surface area contributed by atoms with E-state index in [1.54, 1.807) is 13.2 Å². The second-order valence-corrected chi connectivity index (χ2v) is 6.36. The molecule has 0 saturated heterocycles. The summed E-state index contributed by atoms with van der Waals surface area (Å²) in [6, 6.07) is 3.71. The number of carbonyl (C=O) groups excluding carboxylic acids is 1. The van der Waals surface area contributed by atoms with Crippen molar-refractivity contribution >= 4 is 29.1 Å². The van der Waals surface area contributed by atoms with E-state index in [-0.39, 0.29) is 11.9 Å². The summed E-state index contributed by atoms with van der Waals surface area (Å²) in [5.41, 5.74) is -0.659. The predicted octanol–water partition coefficient (Wildman–Crippen LogP) is 2.91. The van der Waals surface area contributed by atoms with Gasteiger partial charge in [-0.25, -0.2) is 0 Å². The van der Waals surface area contributed by atoms with Crippen molar-refractivity contribution in [3.05, 3.63) is 24.2 Å². The minimum atomic E-state index is -0.915. The van der Waals surface area contributed by atoms with Crippen LogP contribution < -0.4 is 5.32 Å². The Bertz CT molecular complexity index is 416. The first-order chi connectivity index (χ1) is 7.85. The van der Waals surface area contributed by atoms with Crippen LogP contribution in [0.5, 0.6) is 0 Å². The number of hydrogen-bond acceptors (Lipinski definition) is 2. The molecular formula is C12H15Cl2NO2. The largest absolute Gasteiger partial charge is 0.469 e. The topological polar surface area (TPSA) is 42.2 Å². The van der Waals surface area contributed by atoms with Crippen molar-refractivity contribution in [2.45, 2.75) is 37.1 Å². The molecule has 1 saturated carbocycles. The minimum absolute atomic E-state index is 0.00444. The molecule has 5 heteroatoms. The van der Waals surface area contributed by atoms with Gasteiger partial charge in [-0.15, -0.1) is 23.2 Å². The molecule has 0 bridgehead atoms. The number of halogens is 2. The molecule has 0 aromatic carbocycles. The molecule has 1 aromatic heterocycles. The van der Waals surface area contributed by atoms with Crippen molar-refractivity contribution in [3.63, 3.8) is 0 Å². The Morgan fingerprint density at radius 1 is 1.65 bits per heavy atom. The molecule has 2 atom stereocenters. The number of carbonyl (C=O) groups is 1. The van der Waals surface area contributed by atoms with E-state index in [9.17, 15) is 4.79 Å². The van der Waals surface area contributed by atoms with Crippen molar-refractivity contribution < 1.29 is 9.21 Å². The molecule has 1 aromatic rings. The summed E-state index contributed by atoms with van der Waals surface area (Å²) in [6.07, 6.45) is 2.78. The Balaban J connectivity index is 1.88. The molecule has 1 heterocycles. The molecular weight excluding hydrogens is 261 g/mol. The van der Waals surface area contributed by atoms with E-state index in [0.29, 0.717) is 12.8 Å². The number of amides is 1. The fourth-order valence-electron chi connectivity index (χ4n) is 1.81. The van der Waals surface area contributed by atoms with Crippen LogP contribution in [0.25, 0.3) is 0 Å². The van der Waals surface area contributed by atoms with Crippen LogP contribution in [-0.2, 0) is 11.2 Å². The van der Waals surface area contributed by atoms with Crippen molar-refractivity contribution in [2.24, 2.45) is 5.41 Å². The number of furan rings is 1. The second-order valence-electron chi connectivity index (χ2n) is 4.87. The van der Waals surface area contributed by atoms with E-state index >= 15 is 0 Å². The SMILES string of the molecule is C[C@@H](Cc1ccco1)NC(=O)[C@@]1(C)CC1(Cl)Cl. The highest BCUT2D eigenvalue weighted by molar-refractivity contribution is 6.53. The van der Waals surface area contributed by atoms with Gasteiger partial charge in [0.25, 0.3) is 0 Å². The fourth-order valence-corrected chi connectivity index (χ4v) is 2.52. The van der Waals surface area contributed by atoms with Crippen molar-refractivity contribution in [1.82, 2.24) is 5.32 Å². The maximum absolute atomic E-state index is 12.0. The molecule has 17 heavy (non-hydrogen) atoms. The zero-order chi connectivity index (χ0) is 12.7. The minimum Gasteiger partial charge on any atom is -0.469 e. The third-order valence-electron chi connectivity index (χ3n) is 3.22. The Labute approximate surface area is 110 Å². The van der Waals surface area contributed by atoms with Gasteiger partial charge >= 0.3 is 0 Å². The van der Waals surface area contributed by atoms with Gasteiger partial charge < -0.3 is 9.73 Å². The van der Waals surface area contributed by atoms with Crippen LogP contribution in [0.4, 0.5) is 0 Å². The highest BCUT2D eigenvalue weighted by atomic mass is 35.5. The molecule has 94 valence electrons. The maximum Gasteiger partial charge on any atom is 0.229 e. The number of alkyl halides is 2. The molecule has 2 rings (SSSR count). The molecule has 0 aliphatic heterocycles. The van der Waals surface area contributed by atoms with E-state index in [1.807, 2.05) is 19.1 Å². The molecule has 3 nitrogen and oxygen atoms in total. The van der Waals surface area contributed by atoms with Gasteiger partial charge in [0.15, 0.2) is 0 Å². The summed E-state index contributed by atoms with van der Waals surface area (Å²) >= 11 is 11.9. The molecule has 1 aliphatic carbocycles. The standard InChI is InChI=1S/C12H15Cl2NO2/c1-8(6-9-4-3-5-17-9)15-10(16)11(2)7-12(11,13)14/h3-5,8H,6-7H2,1-2H3,(H,15,16)/t8-,11+/m0/s1. The van der Waals surface area contributed by atoms with Gasteiger partial charge in [0.1, 0.15) is 10.1 Å². The van der Waals surface area contributed by atoms with Crippen LogP contribution in [0.15, 0.2) is 22.8 Å². The van der Waals surface area contributed by atoms with Crippen LogP contribution in [0.1, 0.15) is 26.0 Å². The van der Waals surface area contributed by atoms with E-state index in [1.165, 1.54) is 0 Å². The van der Waals surface area contributed by atoms with Gasteiger partial charge in [-0.2, -0.15) is 0 Å². The average molecular weight is 276 g/mol. The van der Waals surface area contributed by atoms with E-state index < -0.39 is 9.75 Å².